The smallest absolute Gasteiger partial charge is 0.204 e. The quantitative estimate of drug-likeness (QED) is 0.346. The van der Waals surface area contributed by atoms with Gasteiger partial charge in [0.15, 0.2) is 0 Å². The van der Waals surface area contributed by atoms with E-state index in [4.69, 9.17) is 0 Å². The summed E-state index contributed by atoms with van der Waals surface area (Å²) in [6.07, 6.45) is 4.56. The normalized spacial score (nSPS) is 16.4. The van der Waals surface area contributed by atoms with Crippen LogP contribution in [0.25, 0.3) is 0 Å². The van der Waals surface area contributed by atoms with E-state index < -0.39 is 0 Å². The van der Waals surface area contributed by atoms with Crippen molar-refractivity contribution in [3.63, 3.8) is 0 Å². The van der Waals surface area contributed by atoms with Crippen LogP contribution in [0.5, 0.6) is 0 Å². The van der Waals surface area contributed by atoms with E-state index in [2.05, 4.69) is 26.8 Å². The van der Waals surface area contributed by atoms with Gasteiger partial charge in [-0.1, -0.05) is 18.7 Å². The molecule has 0 aliphatic heterocycles. The van der Waals surface area contributed by atoms with Crippen LogP contribution in [0.15, 0.2) is 0 Å². The maximum absolute atomic E-state index is 3.91. The lowest BCUT2D eigenvalue weighted by Crippen LogP contribution is -2.31. The second-order valence-electron chi connectivity index (χ2n) is 2.83. The molecule has 0 saturated heterocycles. The van der Waals surface area contributed by atoms with E-state index in [1.54, 1.807) is 0 Å². The fraction of sp³-hybridized carbons (Fsp3) is 0.875. The molecule has 0 N–H and O–H groups in total. The molecule has 0 heterocycles. The van der Waals surface area contributed by atoms with E-state index in [-0.39, 0.29) is 4.87 Å². The minimum absolute atomic E-state index is 0.231. The van der Waals surface area contributed by atoms with E-state index in [1.165, 1.54) is 12.8 Å². The number of hydrogen-bond acceptors (Lipinski definition) is 1. The van der Waals surface area contributed by atoms with Crippen LogP contribution in [0.2, 0.25) is 0 Å². The molecule has 2 heteroatoms. The summed E-state index contributed by atoms with van der Waals surface area (Å²) in [5.41, 5.74) is 0. The molecule has 0 aliphatic carbocycles. The Morgan fingerprint density at radius 2 is 2.10 bits per heavy atom. The van der Waals surface area contributed by atoms with Gasteiger partial charge in [0.2, 0.25) is 4.87 Å². The molecular formula is C8H18NS+. The van der Waals surface area contributed by atoms with Gasteiger partial charge in [-0.2, -0.15) is 0 Å². The highest BCUT2D eigenvalue weighted by Gasteiger charge is 2.29. The fourth-order valence-electron chi connectivity index (χ4n) is 0.913. The summed E-state index contributed by atoms with van der Waals surface area (Å²) in [4.78, 5) is 0.231. The molecule has 0 aliphatic rings. The predicted molar refractivity (Wildman–Crippen MR) is 50.1 cm³/mol. The Labute approximate surface area is 68.5 Å². The van der Waals surface area contributed by atoms with E-state index >= 15 is 0 Å². The molecule has 1 nitrogen and oxygen atoms in total. The van der Waals surface area contributed by atoms with Crippen LogP contribution in [-0.2, 0) is 0 Å². The lowest BCUT2D eigenvalue weighted by atomic mass is 10.2. The van der Waals surface area contributed by atoms with Crippen molar-refractivity contribution < 1.29 is 4.58 Å². The third-order valence-corrected chi connectivity index (χ3v) is 3.36. The molecule has 0 aromatic rings. The summed E-state index contributed by atoms with van der Waals surface area (Å²) < 4.78 is 2.04. The van der Waals surface area contributed by atoms with Gasteiger partial charge in [-0.15, -0.1) is 0 Å². The lowest BCUT2D eigenvalue weighted by Gasteiger charge is -2.21. The Hall–Kier alpha value is 0.0200. The second kappa shape index (κ2) is 4.02. The molecule has 0 amide bonds. The second-order valence-corrected chi connectivity index (χ2v) is 4.11. The molecule has 0 saturated carbocycles. The minimum Gasteiger partial charge on any atom is -0.231 e. The summed E-state index contributed by atoms with van der Waals surface area (Å²) in [5, 5.41) is 0. The van der Waals surface area contributed by atoms with Crippen LogP contribution in [0.3, 0.4) is 0 Å². The minimum atomic E-state index is 0.231. The van der Waals surface area contributed by atoms with Crippen molar-refractivity contribution in [2.75, 3.05) is 13.3 Å². The first-order valence-electron chi connectivity index (χ1n) is 3.66. The Morgan fingerprint density at radius 3 is 2.20 bits per heavy atom. The van der Waals surface area contributed by atoms with Gasteiger partial charge >= 0.3 is 0 Å². The predicted octanol–water partition coefficient (Wildman–Crippen LogP) is 2.21. The topological polar surface area (TPSA) is 3.01 Å². The van der Waals surface area contributed by atoms with E-state index in [0.29, 0.717) is 0 Å². The van der Waals surface area contributed by atoms with E-state index in [0.717, 1.165) is 0 Å². The van der Waals surface area contributed by atoms with E-state index in [1.807, 2.05) is 23.4 Å². The molecular weight excluding hydrogens is 142 g/mol. The monoisotopic (exact) mass is 160 g/mol. The summed E-state index contributed by atoms with van der Waals surface area (Å²) >= 11 is 1.87. The average Bonchev–Trinajstić information content (AvgIpc) is 1.88. The van der Waals surface area contributed by atoms with Gasteiger partial charge in [-0.05, 0) is 12.7 Å². The lowest BCUT2D eigenvalue weighted by molar-refractivity contribution is -0.542. The van der Waals surface area contributed by atoms with Gasteiger partial charge in [0.1, 0.15) is 13.8 Å². The van der Waals surface area contributed by atoms with Gasteiger partial charge in [-0.3, -0.25) is 0 Å². The molecule has 0 rings (SSSR count). The number of thioether (sulfide) groups is 1. The van der Waals surface area contributed by atoms with Crippen molar-refractivity contribution in [2.45, 2.75) is 31.6 Å². The maximum atomic E-state index is 3.91. The molecule has 0 bridgehead atoms. The first-order chi connectivity index (χ1) is 4.56. The van der Waals surface area contributed by atoms with E-state index in [9.17, 15) is 0 Å². The van der Waals surface area contributed by atoms with Crippen molar-refractivity contribution in [3.8, 4) is 0 Å². The standard InChI is InChI=1S/C8H18NS/c1-6-7-8(2,10-5)9(3)4/h3,6-7H2,1-2,4-5H3/q+1. The molecule has 1 unspecified atom stereocenters. The van der Waals surface area contributed by atoms with Crippen LogP contribution < -0.4 is 0 Å². The third-order valence-electron chi connectivity index (χ3n) is 1.96. The summed E-state index contributed by atoms with van der Waals surface area (Å²) in [5.74, 6) is 0. The maximum Gasteiger partial charge on any atom is 0.204 e. The SMILES string of the molecule is C=[N+](C)C(C)(CCC)SC. The van der Waals surface area contributed by atoms with Crippen molar-refractivity contribution >= 4 is 18.5 Å². The van der Waals surface area contributed by atoms with Gasteiger partial charge in [0.25, 0.3) is 0 Å². The van der Waals surface area contributed by atoms with Crippen LogP contribution >= 0.6 is 11.8 Å². The Kier molecular flexibility index (Phi) is 4.02. The molecule has 0 spiro atoms. The molecule has 60 valence electrons. The third kappa shape index (κ3) is 2.33. The first-order valence-corrected chi connectivity index (χ1v) is 4.88. The number of rotatable bonds is 4. The van der Waals surface area contributed by atoms with Crippen molar-refractivity contribution in [1.29, 1.82) is 0 Å². The number of hydrogen-bond donors (Lipinski definition) is 0. The summed E-state index contributed by atoms with van der Waals surface area (Å²) in [6.45, 7) is 8.35. The fourth-order valence-corrected chi connectivity index (χ4v) is 1.63. The zero-order valence-corrected chi connectivity index (χ0v) is 8.29. The molecule has 0 aromatic heterocycles. The zero-order valence-electron chi connectivity index (χ0n) is 7.48. The first kappa shape index (κ1) is 10.0. The summed E-state index contributed by atoms with van der Waals surface area (Å²) in [7, 11) is 2.03. The van der Waals surface area contributed by atoms with Crippen LogP contribution in [0, 0.1) is 0 Å². The van der Waals surface area contributed by atoms with Crippen molar-refractivity contribution in [1.82, 2.24) is 0 Å². The Balaban J connectivity index is 4.08. The average molecular weight is 160 g/mol. The molecule has 0 radical (unpaired) electrons. The van der Waals surface area contributed by atoms with Crippen molar-refractivity contribution in [3.05, 3.63) is 0 Å². The van der Waals surface area contributed by atoms with Gasteiger partial charge < -0.3 is 0 Å². The van der Waals surface area contributed by atoms with Crippen LogP contribution in [0.4, 0.5) is 0 Å². The highest BCUT2D eigenvalue weighted by atomic mass is 32.2. The van der Waals surface area contributed by atoms with Gasteiger partial charge in [0.05, 0.1) is 0 Å². The molecule has 1 atom stereocenters. The summed E-state index contributed by atoms with van der Waals surface area (Å²) in [6, 6.07) is 0. The number of nitrogens with zero attached hydrogens (tertiary/aromatic N) is 1. The molecule has 10 heavy (non-hydrogen) atoms. The van der Waals surface area contributed by atoms with Crippen LogP contribution in [-0.4, -0.2) is 29.5 Å². The Bertz CT molecular complexity index is 122. The van der Waals surface area contributed by atoms with Crippen molar-refractivity contribution in [2.24, 2.45) is 0 Å². The van der Waals surface area contributed by atoms with Gasteiger partial charge in [-0.25, -0.2) is 4.58 Å². The van der Waals surface area contributed by atoms with Gasteiger partial charge in [0, 0.05) is 13.3 Å². The molecule has 0 aromatic carbocycles. The highest BCUT2D eigenvalue weighted by Crippen LogP contribution is 2.26. The van der Waals surface area contributed by atoms with Crippen LogP contribution in [0.1, 0.15) is 26.7 Å². The molecule has 0 fully saturated rings. The largest absolute Gasteiger partial charge is 0.231 e. The zero-order chi connectivity index (χ0) is 8.20. The Morgan fingerprint density at radius 1 is 1.60 bits per heavy atom. The highest BCUT2D eigenvalue weighted by molar-refractivity contribution is 7.99.